The molecule has 0 bridgehead atoms. The number of halogens is 3. The molecular formula is C15H21F3N2O3. The Labute approximate surface area is 133 Å². The van der Waals surface area contributed by atoms with Crippen molar-refractivity contribution in [2.75, 3.05) is 32.9 Å². The molecule has 0 saturated carbocycles. The van der Waals surface area contributed by atoms with Gasteiger partial charge >= 0.3 is 12.2 Å². The largest absolute Gasteiger partial charge is 0.492 e. The Bertz CT molecular complexity index is 481. The summed E-state index contributed by atoms with van der Waals surface area (Å²) >= 11 is 0. The molecule has 0 spiro atoms. The van der Waals surface area contributed by atoms with Crippen molar-refractivity contribution in [2.24, 2.45) is 0 Å². The molecule has 1 rings (SSSR count). The third-order valence-electron chi connectivity index (χ3n) is 2.77. The second kappa shape index (κ2) is 9.94. The molecule has 0 aliphatic carbocycles. The van der Waals surface area contributed by atoms with Crippen LogP contribution in [0.4, 0.5) is 18.0 Å². The van der Waals surface area contributed by atoms with Crippen LogP contribution in [0.2, 0.25) is 0 Å². The number of ether oxygens (including phenoxy) is 2. The molecule has 0 radical (unpaired) electrons. The van der Waals surface area contributed by atoms with Crippen molar-refractivity contribution in [3.05, 3.63) is 29.8 Å². The summed E-state index contributed by atoms with van der Waals surface area (Å²) in [5.74, 6) is 0.110. The SMILES string of the molecule is CCOCCCNC(=O)NCCOc1cccc(C(F)(F)F)c1. The van der Waals surface area contributed by atoms with Crippen LogP contribution >= 0.6 is 0 Å². The Morgan fingerprint density at radius 1 is 1.17 bits per heavy atom. The molecular weight excluding hydrogens is 313 g/mol. The number of alkyl halides is 3. The summed E-state index contributed by atoms with van der Waals surface area (Å²) in [4.78, 5) is 11.4. The third-order valence-corrected chi connectivity index (χ3v) is 2.77. The number of nitrogens with one attached hydrogen (secondary N) is 2. The van der Waals surface area contributed by atoms with Gasteiger partial charge in [-0.2, -0.15) is 13.2 Å². The van der Waals surface area contributed by atoms with E-state index in [2.05, 4.69) is 10.6 Å². The lowest BCUT2D eigenvalue weighted by Crippen LogP contribution is -2.38. The van der Waals surface area contributed by atoms with Gasteiger partial charge in [0.1, 0.15) is 12.4 Å². The fourth-order valence-corrected chi connectivity index (χ4v) is 1.68. The van der Waals surface area contributed by atoms with Gasteiger partial charge in [-0.3, -0.25) is 0 Å². The molecule has 1 aromatic carbocycles. The van der Waals surface area contributed by atoms with Crippen molar-refractivity contribution in [1.29, 1.82) is 0 Å². The van der Waals surface area contributed by atoms with Crippen LogP contribution in [0.25, 0.3) is 0 Å². The van der Waals surface area contributed by atoms with Gasteiger partial charge in [-0.25, -0.2) is 4.79 Å². The summed E-state index contributed by atoms with van der Waals surface area (Å²) in [6, 6.07) is 4.25. The predicted octanol–water partition coefficient (Wildman–Crippen LogP) is 2.81. The highest BCUT2D eigenvalue weighted by Crippen LogP contribution is 2.31. The fourth-order valence-electron chi connectivity index (χ4n) is 1.68. The van der Waals surface area contributed by atoms with Crippen molar-refractivity contribution < 1.29 is 27.4 Å². The number of hydrogen-bond acceptors (Lipinski definition) is 3. The van der Waals surface area contributed by atoms with E-state index in [9.17, 15) is 18.0 Å². The smallest absolute Gasteiger partial charge is 0.416 e. The molecule has 2 amide bonds. The molecule has 0 atom stereocenters. The number of benzene rings is 1. The van der Waals surface area contributed by atoms with Crippen molar-refractivity contribution in [1.82, 2.24) is 10.6 Å². The normalized spacial score (nSPS) is 11.1. The van der Waals surface area contributed by atoms with Gasteiger partial charge in [0.15, 0.2) is 0 Å². The van der Waals surface area contributed by atoms with E-state index in [1.807, 2.05) is 6.92 Å². The summed E-state index contributed by atoms with van der Waals surface area (Å²) in [7, 11) is 0. The number of carbonyl (C=O) groups excluding carboxylic acids is 1. The van der Waals surface area contributed by atoms with Gasteiger partial charge in [-0.1, -0.05) is 6.07 Å². The van der Waals surface area contributed by atoms with Gasteiger partial charge in [0, 0.05) is 19.8 Å². The van der Waals surface area contributed by atoms with E-state index < -0.39 is 11.7 Å². The monoisotopic (exact) mass is 334 g/mol. The van der Waals surface area contributed by atoms with Crippen LogP contribution < -0.4 is 15.4 Å². The van der Waals surface area contributed by atoms with E-state index in [0.29, 0.717) is 26.2 Å². The van der Waals surface area contributed by atoms with Crippen molar-refractivity contribution in [3.8, 4) is 5.75 Å². The minimum absolute atomic E-state index is 0.0771. The first-order valence-electron chi connectivity index (χ1n) is 7.33. The number of carbonyl (C=O) groups is 1. The topological polar surface area (TPSA) is 59.6 Å². The van der Waals surface area contributed by atoms with E-state index in [1.165, 1.54) is 12.1 Å². The highest BCUT2D eigenvalue weighted by atomic mass is 19.4. The minimum Gasteiger partial charge on any atom is -0.492 e. The fraction of sp³-hybridized carbons (Fsp3) is 0.533. The van der Waals surface area contributed by atoms with Crippen LogP contribution in [0.15, 0.2) is 24.3 Å². The zero-order valence-corrected chi connectivity index (χ0v) is 12.9. The van der Waals surface area contributed by atoms with Crippen LogP contribution in [0.3, 0.4) is 0 Å². The lowest BCUT2D eigenvalue weighted by Gasteiger charge is -2.11. The molecule has 8 heteroatoms. The van der Waals surface area contributed by atoms with Crippen molar-refractivity contribution >= 4 is 6.03 Å². The molecule has 0 aromatic heterocycles. The molecule has 130 valence electrons. The summed E-state index contributed by atoms with van der Waals surface area (Å²) in [5, 5.41) is 5.19. The number of rotatable bonds is 9. The van der Waals surface area contributed by atoms with Gasteiger partial charge in [0.2, 0.25) is 0 Å². The molecule has 5 nitrogen and oxygen atoms in total. The molecule has 2 N–H and O–H groups in total. The number of hydrogen-bond donors (Lipinski definition) is 2. The third kappa shape index (κ3) is 8.29. The Kier molecular flexibility index (Phi) is 8.25. The molecule has 0 aliphatic rings. The average Bonchev–Trinajstić information content (AvgIpc) is 2.51. The first-order chi connectivity index (χ1) is 10.9. The van der Waals surface area contributed by atoms with Crippen LogP contribution in [-0.2, 0) is 10.9 Å². The zero-order chi connectivity index (χ0) is 17.1. The Hall–Kier alpha value is -1.96. The highest BCUT2D eigenvalue weighted by molar-refractivity contribution is 5.73. The molecule has 23 heavy (non-hydrogen) atoms. The van der Waals surface area contributed by atoms with Gasteiger partial charge < -0.3 is 20.1 Å². The second-order valence-electron chi connectivity index (χ2n) is 4.61. The maximum Gasteiger partial charge on any atom is 0.416 e. The lowest BCUT2D eigenvalue weighted by molar-refractivity contribution is -0.137. The van der Waals surface area contributed by atoms with Crippen molar-refractivity contribution in [2.45, 2.75) is 19.5 Å². The van der Waals surface area contributed by atoms with Gasteiger partial charge in [-0.05, 0) is 31.5 Å². The molecule has 1 aromatic rings. The molecule has 0 fully saturated rings. The number of urea groups is 1. The van der Waals surface area contributed by atoms with E-state index in [1.54, 1.807) is 0 Å². The quantitative estimate of drug-likeness (QED) is 0.683. The zero-order valence-electron chi connectivity index (χ0n) is 12.9. The average molecular weight is 334 g/mol. The van der Waals surface area contributed by atoms with Crippen molar-refractivity contribution in [3.63, 3.8) is 0 Å². The molecule has 0 unspecified atom stereocenters. The standard InChI is InChI=1S/C15H21F3N2O3/c1-2-22-9-4-7-19-14(21)20-8-10-23-13-6-3-5-12(11-13)15(16,17)18/h3,5-6,11H,2,4,7-10H2,1H3,(H2,19,20,21). The minimum atomic E-state index is -4.40. The Morgan fingerprint density at radius 2 is 1.91 bits per heavy atom. The number of amides is 2. The van der Waals surface area contributed by atoms with E-state index >= 15 is 0 Å². The van der Waals surface area contributed by atoms with Gasteiger partial charge in [0.25, 0.3) is 0 Å². The van der Waals surface area contributed by atoms with Crippen LogP contribution in [-0.4, -0.2) is 38.9 Å². The first-order valence-corrected chi connectivity index (χ1v) is 7.33. The maximum absolute atomic E-state index is 12.5. The summed E-state index contributed by atoms with van der Waals surface area (Å²) in [6.07, 6.45) is -3.69. The molecule has 0 saturated heterocycles. The molecule has 0 aliphatic heterocycles. The van der Waals surface area contributed by atoms with Gasteiger partial charge in [-0.15, -0.1) is 0 Å². The van der Waals surface area contributed by atoms with E-state index in [4.69, 9.17) is 9.47 Å². The maximum atomic E-state index is 12.5. The Balaban J connectivity index is 2.18. The van der Waals surface area contributed by atoms with Crippen LogP contribution in [0.5, 0.6) is 5.75 Å². The van der Waals surface area contributed by atoms with E-state index in [0.717, 1.165) is 12.1 Å². The summed E-state index contributed by atoms with van der Waals surface area (Å²) in [5.41, 5.74) is -0.769. The Morgan fingerprint density at radius 3 is 2.61 bits per heavy atom. The van der Waals surface area contributed by atoms with Crippen LogP contribution in [0.1, 0.15) is 18.9 Å². The highest BCUT2D eigenvalue weighted by Gasteiger charge is 2.30. The first kappa shape index (κ1) is 19.1. The second-order valence-corrected chi connectivity index (χ2v) is 4.61. The predicted molar refractivity (Wildman–Crippen MR) is 79.5 cm³/mol. The van der Waals surface area contributed by atoms with E-state index in [-0.39, 0.29) is 24.9 Å². The van der Waals surface area contributed by atoms with Crippen LogP contribution in [0, 0.1) is 0 Å². The summed E-state index contributed by atoms with van der Waals surface area (Å²) < 4.78 is 47.9. The summed E-state index contributed by atoms with van der Waals surface area (Å²) in [6.45, 7) is 3.86. The lowest BCUT2D eigenvalue weighted by atomic mass is 10.2. The van der Waals surface area contributed by atoms with Gasteiger partial charge in [0.05, 0.1) is 12.1 Å². The molecule has 0 heterocycles.